The number of rotatable bonds is 8. The molecule has 0 saturated carbocycles. The smallest absolute Gasteiger partial charge is 0.287 e. The molecule has 5 nitrogen and oxygen atoms in total. The molecule has 0 bridgehead atoms. The average molecular weight is 458 g/mol. The highest BCUT2D eigenvalue weighted by Crippen LogP contribution is 2.30. The van der Waals surface area contributed by atoms with Crippen LogP contribution in [0.1, 0.15) is 29.5 Å². The average Bonchev–Trinajstić information content (AvgIpc) is 3.24. The summed E-state index contributed by atoms with van der Waals surface area (Å²) >= 11 is 6.56. The van der Waals surface area contributed by atoms with Crippen LogP contribution in [0.25, 0.3) is 11.0 Å². The Kier molecular flexibility index (Phi) is 7.33. The van der Waals surface area contributed by atoms with Gasteiger partial charge in [-0.1, -0.05) is 48.9 Å². The highest BCUT2D eigenvalue weighted by Gasteiger charge is 2.22. The van der Waals surface area contributed by atoms with E-state index in [9.17, 15) is 9.18 Å². The number of piperazine rings is 1. The molecule has 1 aliphatic heterocycles. The highest BCUT2D eigenvalue weighted by atomic mass is 35.5. The van der Waals surface area contributed by atoms with Crippen molar-refractivity contribution < 1.29 is 13.6 Å². The third-order valence-corrected chi connectivity index (χ3v) is 6.44. The highest BCUT2D eigenvalue weighted by molar-refractivity contribution is 6.34. The van der Waals surface area contributed by atoms with Crippen molar-refractivity contribution in [3.8, 4) is 0 Å². The van der Waals surface area contributed by atoms with Crippen LogP contribution in [0.4, 0.5) is 10.1 Å². The molecular formula is C25H29ClFN3O2. The minimum atomic E-state index is -0.996. The van der Waals surface area contributed by atoms with Crippen molar-refractivity contribution in [2.45, 2.75) is 25.9 Å². The second-order valence-electron chi connectivity index (χ2n) is 8.18. The number of para-hydroxylation sites is 1. The Labute approximate surface area is 193 Å². The number of carbonyl (C=O) groups excluding carboxylic acids is 1. The van der Waals surface area contributed by atoms with Gasteiger partial charge in [-0.25, -0.2) is 4.39 Å². The lowest BCUT2D eigenvalue weighted by atomic mass is 10.1. The molecule has 0 aliphatic carbocycles. The van der Waals surface area contributed by atoms with Gasteiger partial charge in [0.1, 0.15) is 11.8 Å². The van der Waals surface area contributed by atoms with Crippen LogP contribution >= 0.6 is 11.6 Å². The zero-order valence-electron chi connectivity index (χ0n) is 18.3. The summed E-state index contributed by atoms with van der Waals surface area (Å²) in [6.45, 7) is 5.97. The number of hydrogen-bond acceptors (Lipinski definition) is 4. The Bertz CT molecular complexity index is 1030. The third kappa shape index (κ3) is 5.25. The van der Waals surface area contributed by atoms with Crippen molar-refractivity contribution in [1.29, 1.82) is 0 Å². The molecule has 3 aromatic rings. The molecular weight excluding hydrogens is 429 g/mol. The number of nitrogens with zero attached hydrogens (tertiary/aromatic N) is 2. The molecule has 1 aliphatic rings. The van der Waals surface area contributed by atoms with E-state index in [4.69, 9.17) is 16.0 Å². The third-order valence-electron chi connectivity index (χ3n) is 6.00. The van der Waals surface area contributed by atoms with Crippen LogP contribution in [0.3, 0.4) is 0 Å². The van der Waals surface area contributed by atoms with Crippen molar-refractivity contribution in [3.63, 3.8) is 0 Å². The molecule has 1 N–H and O–H groups in total. The Morgan fingerprint density at radius 3 is 2.69 bits per heavy atom. The molecule has 1 saturated heterocycles. The fourth-order valence-electron chi connectivity index (χ4n) is 4.15. The number of carbonyl (C=O) groups is 1. The van der Waals surface area contributed by atoms with E-state index in [0.717, 1.165) is 54.3 Å². The first-order valence-corrected chi connectivity index (χ1v) is 11.6. The SMILES string of the molecule is CCc1cccc(N2CCN(C[C@H](F)CCNC(=O)c3cc4ccccc4o3)CC2)c1Cl. The molecule has 1 amide bonds. The number of anilines is 1. The van der Waals surface area contributed by atoms with Crippen molar-refractivity contribution in [1.82, 2.24) is 10.2 Å². The maximum absolute atomic E-state index is 14.5. The van der Waals surface area contributed by atoms with Crippen LogP contribution in [0.5, 0.6) is 0 Å². The van der Waals surface area contributed by atoms with Gasteiger partial charge in [-0.3, -0.25) is 9.69 Å². The molecule has 32 heavy (non-hydrogen) atoms. The standard InChI is InChI=1S/C25H29ClFN3O2/c1-2-18-7-5-8-21(24(18)26)30-14-12-29(13-15-30)17-20(27)10-11-28-25(31)23-16-19-6-3-4-9-22(19)32-23/h3-9,16,20H,2,10-15,17H2,1H3,(H,28,31)/t20-/m1/s1. The molecule has 0 unspecified atom stereocenters. The number of nitrogens with one attached hydrogen (secondary N) is 1. The van der Waals surface area contributed by atoms with Crippen molar-refractivity contribution in [2.75, 3.05) is 44.2 Å². The molecule has 1 atom stereocenters. The summed E-state index contributed by atoms with van der Waals surface area (Å²) in [7, 11) is 0. The largest absolute Gasteiger partial charge is 0.451 e. The van der Waals surface area contributed by atoms with Crippen LogP contribution in [-0.2, 0) is 6.42 Å². The van der Waals surface area contributed by atoms with Gasteiger partial charge in [-0.15, -0.1) is 0 Å². The number of halogens is 2. The van der Waals surface area contributed by atoms with E-state index in [1.807, 2.05) is 30.3 Å². The molecule has 0 radical (unpaired) electrons. The maximum Gasteiger partial charge on any atom is 0.287 e. The summed E-state index contributed by atoms with van der Waals surface area (Å²) in [5.74, 6) is -0.0586. The van der Waals surface area contributed by atoms with Gasteiger partial charge in [0.05, 0.1) is 10.7 Å². The number of fused-ring (bicyclic) bond motifs is 1. The normalized spacial score (nSPS) is 15.8. The summed E-state index contributed by atoms with van der Waals surface area (Å²) in [5.41, 5.74) is 2.89. The van der Waals surface area contributed by atoms with Gasteiger partial charge >= 0.3 is 0 Å². The fraction of sp³-hybridized carbons (Fsp3) is 0.400. The van der Waals surface area contributed by atoms with Crippen LogP contribution < -0.4 is 10.2 Å². The van der Waals surface area contributed by atoms with E-state index in [-0.39, 0.29) is 24.6 Å². The predicted molar refractivity (Wildman–Crippen MR) is 128 cm³/mol. The van der Waals surface area contributed by atoms with Gasteiger partial charge in [0.15, 0.2) is 5.76 Å². The van der Waals surface area contributed by atoms with Crippen molar-refractivity contribution in [2.24, 2.45) is 0 Å². The first-order chi connectivity index (χ1) is 15.5. The lowest BCUT2D eigenvalue weighted by Crippen LogP contribution is -2.48. The number of amides is 1. The Morgan fingerprint density at radius 2 is 1.94 bits per heavy atom. The van der Waals surface area contributed by atoms with Crippen LogP contribution in [0.15, 0.2) is 52.9 Å². The van der Waals surface area contributed by atoms with Crippen molar-refractivity contribution in [3.05, 3.63) is 64.9 Å². The van der Waals surface area contributed by atoms with Crippen LogP contribution in [-0.4, -0.2) is 56.2 Å². The molecule has 2 heterocycles. The number of furan rings is 1. The summed E-state index contributed by atoms with van der Waals surface area (Å²) in [6, 6.07) is 15.3. The van der Waals surface area contributed by atoms with Gasteiger partial charge in [0.25, 0.3) is 5.91 Å². The van der Waals surface area contributed by atoms with Crippen molar-refractivity contribution >= 4 is 34.2 Å². The van der Waals surface area contributed by atoms with Gasteiger partial charge in [0, 0.05) is 44.7 Å². The van der Waals surface area contributed by atoms with E-state index < -0.39 is 6.17 Å². The Balaban J connectivity index is 1.20. The van der Waals surface area contributed by atoms with E-state index >= 15 is 0 Å². The number of hydrogen-bond donors (Lipinski definition) is 1. The lowest BCUT2D eigenvalue weighted by molar-refractivity contribution is 0.0922. The van der Waals surface area contributed by atoms with Gasteiger partial charge in [-0.2, -0.15) is 0 Å². The van der Waals surface area contributed by atoms with Crippen LogP contribution in [0.2, 0.25) is 5.02 Å². The first kappa shape index (κ1) is 22.6. The van der Waals surface area contributed by atoms with Gasteiger partial charge in [0.2, 0.25) is 0 Å². The van der Waals surface area contributed by atoms with Gasteiger partial charge in [-0.05, 0) is 36.6 Å². The summed E-state index contributed by atoms with van der Waals surface area (Å²) in [5, 5.41) is 4.46. The Hall–Kier alpha value is -2.57. The zero-order chi connectivity index (χ0) is 22.5. The second kappa shape index (κ2) is 10.4. The summed E-state index contributed by atoms with van der Waals surface area (Å²) in [4.78, 5) is 16.7. The topological polar surface area (TPSA) is 48.7 Å². The van der Waals surface area contributed by atoms with E-state index in [2.05, 4.69) is 34.2 Å². The lowest BCUT2D eigenvalue weighted by Gasteiger charge is -2.37. The quantitative estimate of drug-likeness (QED) is 0.521. The summed E-state index contributed by atoms with van der Waals surface area (Å²) in [6.07, 6.45) is 0.184. The zero-order valence-corrected chi connectivity index (χ0v) is 19.1. The molecule has 2 aromatic carbocycles. The molecule has 170 valence electrons. The maximum atomic E-state index is 14.5. The van der Waals surface area contributed by atoms with Crippen LogP contribution in [0, 0.1) is 0 Å². The number of aryl methyl sites for hydroxylation is 1. The first-order valence-electron chi connectivity index (χ1n) is 11.2. The molecule has 4 rings (SSSR count). The summed E-state index contributed by atoms with van der Waals surface area (Å²) < 4.78 is 20.1. The minimum absolute atomic E-state index is 0.253. The predicted octanol–water partition coefficient (Wildman–Crippen LogP) is 4.93. The Morgan fingerprint density at radius 1 is 1.16 bits per heavy atom. The monoisotopic (exact) mass is 457 g/mol. The second-order valence-corrected chi connectivity index (χ2v) is 8.56. The fourth-order valence-corrected chi connectivity index (χ4v) is 4.53. The molecule has 0 spiro atoms. The van der Waals surface area contributed by atoms with E-state index in [0.29, 0.717) is 12.1 Å². The van der Waals surface area contributed by atoms with E-state index in [1.165, 1.54) is 0 Å². The molecule has 1 aromatic heterocycles. The van der Waals surface area contributed by atoms with Gasteiger partial charge < -0.3 is 14.6 Å². The minimum Gasteiger partial charge on any atom is -0.451 e. The number of alkyl halides is 1. The number of benzene rings is 2. The van der Waals surface area contributed by atoms with E-state index in [1.54, 1.807) is 6.07 Å². The molecule has 7 heteroatoms. The molecule has 1 fully saturated rings.